The number of aliphatic hydroxyl groups excluding tert-OH is 1. The van der Waals surface area contributed by atoms with Gasteiger partial charge < -0.3 is 10.2 Å². The first-order chi connectivity index (χ1) is 15.1. The average molecular weight is 455 g/mol. The zero-order valence-corrected chi connectivity index (χ0v) is 22.1. The van der Waals surface area contributed by atoms with Crippen molar-refractivity contribution in [2.75, 3.05) is 0 Å². The van der Waals surface area contributed by atoms with Crippen LogP contribution in [0, 0.1) is 44.3 Å². The summed E-state index contributed by atoms with van der Waals surface area (Å²) < 4.78 is 0. The summed E-state index contributed by atoms with van der Waals surface area (Å²) in [5, 5.41) is 21.3. The molecular formula is C30H46O3. The van der Waals surface area contributed by atoms with E-state index in [1.807, 2.05) is 0 Å². The van der Waals surface area contributed by atoms with Gasteiger partial charge in [-0.2, -0.15) is 0 Å². The van der Waals surface area contributed by atoms with Gasteiger partial charge in [-0.3, -0.25) is 4.79 Å². The summed E-state index contributed by atoms with van der Waals surface area (Å²) in [5.41, 5.74) is 2.76. The van der Waals surface area contributed by atoms with Crippen LogP contribution in [0.15, 0.2) is 23.3 Å². The van der Waals surface area contributed by atoms with Gasteiger partial charge in [0, 0.05) is 0 Å². The van der Waals surface area contributed by atoms with E-state index in [4.69, 9.17) is 0 Å². The molecule has 33 heavy (non-hydrogen) atoms. The maximum Gasteiger partial charge on any atom is 0.310 e. The number of carbonyl (C=O) groups is 1. The third kappa shape index (κ3) is 2.81. The second-order valence-corrected chi connectivity index (χ2v) is 14.6. The van der Waals surface area contributed by atoms with Crippen molar-refractivity contribution in [1.82, 2.24) is 0 Å². The Labute approximate surface area is 201 Å². The fourth-order valence-corrected chi connectivity index (χ4v) is 9.92. The van der Waals surface area contributed by atoms with E-state index in [9.17, 15) is 15.0 Å². The van der Waals surface area contributed by atoms with Crippen LogP contribution in [0.25, 0.3) is 0 Å². The Hall–Kier alpha value is -1.09. The Balaban J connectivity index is 1.65. The highest BCUT2D eigenvalue weighted by molar-refractivity contribution is 5.77. The van der Waals surface area contributed by atoms with Crippen LogP contribution in [0.3, 0.4) is 0 Å². The number of aliphatic hydroxyl groups is 1. The van der Waals surface area contributed by atoms with Crippen LogP contribution >= 0.6 is 0 Å². The summed E-state index contributed by atoms with van der Waals surface area (Å²) in [6.45, 7) is 16.7. The molecule has 3 heteroatoms. The lowest BCUT2D eigenvalue weighted by molar-refractivity contribution is -0.164. The average Bonchev–Trinajstić information content (AvgIpc) is 2.71. The van der Waals surface area contributed by atoms with Gasteiger partial charge in [-0.25, -0.2) is 0 Å². The van der Waals surface area contributed by atoms with Crippen molar-refractivity contribution in [2.24, 2.45) is 44.3 Å². The number of carboxylic acid groups (broad SMARTS) is 1. The van der Waals surface area contributed by atoms with Crippen LogP contribution in [0.1, 0.15) is 106 Å². The Morgan fingerprint density at radius 3 is 2.18 bits per heavy atom. The van der Waals surface area contributed by atoms with Gasteiger partial charge in [0.2, 0.25) is 0 Å². The monoisotopic (exact) mass is 454 g/mol. The molecule has 2 unspecified atom stereocenters. The number of fused-ring (bicyclic) bond motifs is 7. The third-order valence-corrected chi connectivity index (χ3v) is 12.4. The Morgan fingerprint density at radius 1 is 0.848 bits per heavy atom. The smallest absolute Gasteiger partial charge is 0.310 e. The molecule has 5 rings (SSSR count). The molecule has 0 spiro atoms. The number of allylic oxidation sites excluding steroid dienone is 4. The van der Waals surface area contributed by atoms with Gasteiger partial charge in [0.05, 0.1) is 11.5 Å². The van der Waals surface area contributed by atoms with Crippen molar-refractivity contribution in [1.29, 1.82) is 0 Å². The lowest BCUT2D eigenvalue weighted by Gasteiger charge is -2.68. The molecule has 0 bridgehead atoms. The second-order valence-electron chi connectivity index (χ2n) is 14.6. The zero-order valence-electron chi connectivity index (χ0n) is 22.1. The van der Waals surface area contributed by atoms with E-state index in [0.717, 1.165) is 57.8 Å². The van der Waals surface area contributed by atoms with Gasteiger partial charge in [-0.1, -0.05) is 71.8 Å². The lowest BCUT2D eigenvalue weighted by atomic mass is 9.36. The van der Waals surface area contributed by atoms with E-state index in [2.05, 4.69) is 60.6 Å². The summed E-state index contributed by atoms with van der Waals surface area (Å²) in [4.78, 5) is 12.7. The third-order valence-electron chi connectivity index (χ3n) is 12.4. The molecule has 5 aliphatic carbocycles. The van der Waals surface area contributed by atoms with Gasteiger partial charge in [-0.15, -0.1) is 0 Å². The number of aliphatic carboxylic acids is 1. The van der Waals surface area contributed by atoms with E-state index in [-0.39, 0.29) is 39.1 Å². The lowest BCUT2D eigenvalue weighted by Crippen LogP contribution is -2.61. The molecule has 2 N–H and O–H groups in total. The Bertz CT molecular complexity index is 940. The predicted octanol–water partition coefficient (Wildman–Crippen LogP) is 7.15. The zero-order chi connectivity index (χ0) is 24.2. The maximum absolute atomic E-state index is 12.7. The predicted molar refractivity (Wildman–Crippen MR) is 133 cm³/mol. The van der Waals surface area contributed by atoms with Crippen LogP contribution in [-0.2, 0) is 4.79 Å². The molecule has 0 heterocycles. The standard InChI is InChI=1S/C30H46O3/c1-25(2)14-16-30(24(32)33)17-15-28(6)19(20(30)18-25)8-9-22-27(5)12-11-23(31)26(3,4)21(27)10-13-29(22,28)7/h8-9,20-21,23,31H,10-18H2,1-7H3,(H,32,33)/t20?,21?,23-,27-,28+,29+,30-/m0/s1. The molecule has 4 saturated carbocycles. The fraction of sp³-hybridized carbons (Fsp3) is 0.833. The Morgan fingerprint density at radius 2 is 1.52 bits per heavy atom. The topological polar surface area (TPSA) is 57.5 Å². The molecule has 4 fully saturated rings. The van der Waals surface area contributed by atoms with Crippen molar-refractivity contribution in [3.05, 3.63) is 23.3 Å². The molecule has 0 aromatic carbocycles. The van der Waals surface area contributed by atoms with Crippen LogP contribution in [0.2, 0.25) is 0 Å². The minimum absolute atomic E-state index is 0.0162. The molecule has 0 aliphatic heterocycles. The van der Waals surface area contributed by atoms with Crippen LogP contribution in [0.4, 0.5) is 0 Å². The summed E-state index contributed by atoms with van der Waals surface area (Å²) in [7, 11) is 0. The van der Waals surface area contributed by atoms with Crippen LogP contribution in [-0.4, -0.2) is 22.3 Å². The first kappa shape index (κ1) is 23.6. The fourth-order valence-electron chi connectivity index (χ4n) is 9.92. The molecule has 3 nitrogen and oxygen atoms in total. The Kier molecular flexibility index (Phi) is 4.85. The summed E-state index contributed by atoms with van der Waals surface area (Å²) in [6.07, 6.45) is 13.4. The summed E-state index contributed by atoms with van der Waals surface area (Å²) >= 11 is 0. The summed E-state index contributed by atoms with van der Waals surface area (Å²) in [5.74, 6) is 0.0637. The molecule has 0 amide bonds. The molecule has 7 atom stereocenters. The highest BCUT2D eigenvalue weighted by Crippen LogP contribution is 2.74. The minimum Gasteiger partial charge on any atom is -0.481 e. The first-order valence-electron chi connectivity index (χ1n) is 13.5. The van der Waals surface area contributed by atoms with Gasteiger partial charge in [-0.05, 0) is 96.7 Å². The van der Waals surface area contributed by atoms with Crippen LogP contribution in [0.5, 0.6) is 0 Å². The number of rotatable bonds is 1. The number of hydrogen-bond acceptors (Lipinski definition) is 2. The normalized spacial score (nSPS) is 50.0. The van der Waals surface area contributed by atoms with Gasteiger partial charge >= 0.3 is 5.97 Å². The maximum atomic E-state index is 12.7. The highest BCUT2D eigenvalue weighted by Gasteiger charge is 2.67. The molecule has 0 aromatic heterocycles. The highest BCUT2D eigenvalue weighted by atomic mass is 16.4. The molecular weight excluding hydrogens is 408 g/mol. The van der Waals surface area contributed by atoms with Crippen LogP contribution < -0.4 is 0 Å². The van der Waals surface area contributed by atoms with E-state index in [1.54, 1.807) is 5.57 Å². The second kappa shape index (κ2) is 6.77. The minimum atomic E-state index is -0.583. The quantitative estimate of drug-likeness (QED) is 0.442. The van der Waals surface area contributed by atoms with E-state index >= 15 is 0 Å². The molecule has 184 valence electrons. The van der Waals surface area contributed by atoms with Gasteiger partial charge in [0.25, 0.3) is 0 Å². The molecule has 0 radical (unpaired) electrons. The van der Waals surface area contributed by atoms with E-state index < -0.39 is 11.4 Å². The largest absolute Gasteiger partial charge is 0.481 e. The number of hydrogen-bond donors (Lipinski definition) is 2. The molecule has 0 saturated heterocycles. The van der Waals surface area contributed by atoms with Crippen molar-refractivity contribution in [2.45, 2.75) is 112 Å². The van der Waals surface area contributed by atoms with Crippen molar-refractivity contribution in [3.63, 3.8) is 0 Å². The SMILES string of the molecule is CC1(C)CC[C@]2(C(=O)O)CC[C@]3(C)C(=CC=C4[C@@]5(C)CC[C@H](O)C(C)(C)C5CC[C@]43C)C2C1. The van der Waals surface area contributed by atoms with E-state index in [1.165, 1.54) is 5.57 Å². The van der Waals surface area contributed by atoms with Crippen molar-refractivity contribution in [3.8, 4) is 0 Å². The van der Waals surface area contributed by atoms with Crippen molar-refractivity contribution >= 4 is 5.97 Å². The van der Waals surface area contributed by atoms with E-state index in [0.29, 0.717) is 5.92 Å². The molecule has 0 aromatic rings. The van der Waals surface area contributed by atoms with Gasteiger partial charge in [0.15, 0.2) is 0 Å². The van der Waals surface area contributed by atoms with Gasteiger partial charge in [0.1, 0.15) is 0 Å². The summed E-state index contributed by atoms with van der Waals surface area (Å²) in [6, 6.07) is 0. The van der Waals surface area contributed by atoms with Crippen molar-refractivity contribution < 1.29 is 15.0 Å². The first-order valence-corrected chi connectivity index (χ1v) is 13.5. The molecule has 5 aliphatic rings. The number of carboxylic acids is 1.